The molecular weight excluding hydrogens is 283 g/mol. The number of hydrogen-bond donors (Lipinski definition) is 3. The number of aliphatic hydroxyl groups excluding tert-OH is 1. The third-order valence-electron chi connectivity index (χ3n) is 3.31. The molecule has 0 aliphatic carbocycles. The highest BCUT2D eigenvalue weighted by atomic mass is 19.1. The molecule has 22 heavy (non-hydrogen) atoms. The number of urea groups is 1. The van der Waals surface area contributed by atoms with Crippen LogP contribution in [0.4, 0.5) is 9.18 Å². The van der Waals surface area contributed by atoms with Crippen LogP contribution in [0.2, 0.25) is 0 Å². The Morgan fingerprint density at radius 3 is 2.36 bits per heavy atom. The highest BCUT2D eigenvalue weighted by Crippen LogP contribution is 2.12. The van der Waals surface area contributed by atoms with Gasteiger partial charge in [-0.05, 0) is 24.1 Å². The summed E-state index contributed by atoms with van der Waals surface area (Å²) in [6.45, 7) is 2.20. The molecule has 2 rings (SSSR count). The lowest BCUT2D eigenvalue weighted by Gasteiger charge is -2.09. The fraction of sp³-hybridized carbons (Fsp3) is 0.235. The van der Waals surface area contributed by atoms with E-state index in [0.717, 1.165) is 11.1 Å². The van der Waals surface area contributed by atoms with E-state index in [1.54, 1.807) is 25.1 Å². The normalized spacial score (nSPS) is 11.8. The molecule has 2 aromatic rings. The van der Waals surface area contributed by atoms with Crippen LogP contribution in [0.5, 0.6) is 0 Å². The minimum Gasteiger partial charge on any atom is -0.389 e. The van der Waals surface area contributed by atoms with Crippen LogP contribution in [0.15, 0.2) is 48.5 Å². The lowest BCUT2D eigenvalue weighted by molar-refractivity contribution is 0.199. The largest absolute Gasteiger partial charge is 0.389 e. The van der Waals surface area contributed by atoms with Gasteiger partial charge in [0.05, 0.1) is 6.10 Å². The van der Waals surface area contributed by atoms with Gasteiger partial charge in [-0.2, -0.15) is 0 Å². The van der Waals surface area contributed by atoms with Gasteiger partial charge in [-0.3, -0.25) is 0 Å². The topological polar surface area (TPSA) is 61.4 Å². The zero-order valence-corrected chi connectivity index (χ0v) is 12.3. The Balaban J connectivity index is 1.79. The van der Waals surface area contributed by atoms with Crippen LogP contribution in [0.25, 0.3) is 0 Å². The number of carbonyl (C=O) groups excluding carboxylic acids is 1. The van der Waals surface area contributed by atoms with E-state index < -0.39 is 6.10 Å². The summed E-state index contributed by atoms with van der Waals surface area (Å²) in [4.78, 5) is 11.7. The highest BCUT2D eigenvalue weighted by molar-refractivity contribution is 5.73. The molecule has 0 radical (unpaired) electrons. The van der Waals surface area contributed by atoms with E-state index >= 15 is 0 Å². The fourth-order valence-electron chi connectivity index (χ4n) is 1.98. The summed E-state index contributed by atoms with van der Waals surface area (Å²) in [5, 5.41) is 14.7. The first kappa shape index (κ1) is 16.0. The zero-order valence-electron chi connectivity index (χ0n) is 12.3. The van der Waals surface area contributed by atoms with Crippen molar-refractivity contribution in [3.8, 4) is 0 Å². The summed E-state index contributed by atoms with van der Waals surface area (Å²) < 4.78 is 13.4. The van der Waals surface area contributed by atoms with E-state index in [-0.39, 0.29) is 18.4 Å². The fourth-order valence-corrected chi connectivity index (χ4v) is 1.98. The van der Waals surface area contributed by atoms with Gasteiger partial charge in [-0.25, -0.2) is 9.18 Å². The minimum absolute atomic E-state index is 0.138. The number of carbonyl (C=O) groups is 1. The molecule has 1 unspecified atom stereocenters. The number of rotatable bonds is 5. The molecule has 116 valence electrons. The highest BCUT2D eigenvalue weighted by Gasteiger charge is 2.05. The van der Waals surface area contributed by atoms with Gasteiger partial charge in [0.1, 0.15) is 5.82 Å². The molecule has 0 spiro atoms. The lowest BCUT2D eigenvalue weighted by atomic mass is 10.1. The number of nitrogens with one attached hydrogen (secondary N) is 2. The molecule has 0 saturated carbocycles. The Bertz CT molecular complexity index is 627. The second-order valence-corrected chi connectivity index (χ2v) is 5.05. The zero-order chi connectivity index (χ0) is 15.9. The van der Waals surface area contributed by atoms with Crippen LogP contribution < -0.4 is 10.6 Å². The molecule has 1 atom stereocenters. The van der Waals surface area contributed by atoms with Crippen LogP contribution >= 0.6 is 0 Å². The molecule has 0 aromatic heterocycles. The molecule has 5 heteroatoms. The third kappa shape index (κ3) is 4.56. The van der Waals surface area contributed by atoms with Crippen molar-refractivity contribution in [2.24, 2.45) is 0 Å². The third-order valence-corrected chi connectivity index (χ3v) is 3.31. The molecule has 0 bridgehead atoms. The molecule has 0 aliphatic heterocycles. The standard InChI is InChI=1S/C17H19FN2O2/c1-12(21)14-8-6-13(7-9-14)10-19-17(22)20-11-15-4-2-3-5-16(15)18/h2-9,12,21H,10-11H2,1H3,(H2,19,20,22). The predicted octanol–water partition coefficient (Wildman–Crippen LogP) is 2.88. The second kappa shape index (κ2) is 7.56. The Morgan fingerprint density at radius 1 is 1.09 bits per heavy atom. The maximum Gasteiger partial charge on any atom is 0.315 e. The first-order valence-corrected chi connectivity index (χ1v) is 7.08. The first-order valence-electron chi connectivity index (χ1n) is 7.08. The summed E-state index contributed by atoms with van der Waals surface area (Å²) in [6, 6.07) is 13.3. The van der Waals surface area contributed by atoms with E-state index in [1.165, 1.54) is 6.07 Å². The van der Waals surface area contributed by atoms with Gasteiger partial charge in [0.15, 0.2) is 0 Å². The summed E-state index contributed by atoms with van der Waals surface area (Å²) in [5.41, 5.74) is 2.19. The van der Waals surface area contributed by atoms with Crippen molar-refractivity contribution < 1.29 is 14.3 Å². The summed E-state index contributed by atoms with van der Waals surface area (Å²) in [5.74, 6) is -0.337. The molecule has 4 nitrogen and oxygen atoms in total. The van der Waals surface area contributed by atoms with Crippen molar-refractivity contribution in [1.29, 1.82) is 0 Å². The van der Waals surface area contributed by atoms with Gasteiger partial charge in [-0.15, -0.1) is 0 Å². The second-order valence-electron chi connectivity index (χ2n) is 5.05. The Hall–Kier alpha value is -2.40. The van der Waals surface area contributed by atoms with Gasteiger partial charge < -0.3 is 15.7 Å². The molecule has 3 N–H and O–H groups in total. The van der Waals surface area contributed by atoms with Crippen molar-refractivity contribution in [3.63, 3.8) is 0 Å². The van der Waals surface area contributed by atoms with E-state index in [2.05, 4.69) is 10.6 Å². The number of aliphatic hydroxyl groups is 1. The molecule has 0 saturated heterocycles. The number of benzene rings is 2. The van der Waals surface area contributed by atoms with Crippen molar-refractivity contribution in [3.05, 3.63) is 71.0 Å². The number of hydrogen-bond acceptors (Lipinski definition) is 2. The Morgan fingerprint density at radius 2 is 1.73 bits per heavy atom. The molecule has 0 heterocycles. The molecule has 2 aromatic carbocycles. The minimum atomic E-state index is -0.508. The van der Waals surface area contributed by atoms with Crippen molar-refractivity contribution in [2.75, 3.05) is 0 Å². The predicted molar refractivity (Wildman–Crippen MR) is 82.6 cm³/mol. The van der Waals surface area contributed by atoms with Crippen LogP contribution in [-0.2, 0) is 13.1 Å². The smallest absolute Gasteiger partial charge is 0.315 e. The van der Waals surface area contributed by atoms with Crippen LogP contribution in [0, 0.1) is 5.82 Å². The van der Waals surface area contributed by atoms with Gasteiger partial charge in [0.2, 0.25) is 0 Å². The van der Waals surface area contributed by atoms with Gasteiger partial charge >= 0.3 is 6.03 Å². The maximum atomic E-state index is 13.4. The summed E-state index contributed by atoms with van der Waals surface area (Å²) in [6.07, 6.45) is -0.508. The van der Waals surface area contributed by atoms with Gasteiger partial charge in [0, 0.05) is 18.7 Å². The van der Waals surface area contributed by atoms with E-state index in [1.807, 2.05) is 24.3 Å². The van der Waals surface area contributed by atoms with E-state index in [4.69, 9.17) is 0 Å². The molecule has 2 amide bonds. The summed E-state index contributed by atoms with van der Waals surface area (Å²) >= 11 is 0. The average molecular weight is 302 g/mol. The molecule has 0 fully saturated rings. The monoisotopic (exact) mass is 302 g/mol. The molecular formula is C17H19FN2O2. The van der Waals surface area contributed by atoms with Crippen LogP contribution in [0.3, 0.4) is 0 Å². The first-order chi connectivity index (χ1) is 10.6. The average Bonchev–Trinajstić information content (AvgIpc) is 2.52. The number of amides is 2. The van der Waals surface area contributed by atoms with Crippen molar-refractivity contribution in [2.45, 2.75) is 26.1 Å². The van der Waals surface area contributed by atoms with Gasteiger partial charge in [-0.1, -0.05) is 42.5 Å². The van der Waals surface area contributed by atoms with Gasteiger partial charge in [0.25, 0.3) is 0 Å². The Kier molecular flexibility index (Phi) is 5.49. The van der Waals surface area contributed by atoms with E-state index in [9.17, 15) is 14.3 Å². The molecule has 0 aliphatic rings. The van der Waals surface area contributed by atoms with Crippen LogP contribution in [0.1, 0.15) is 29.7 Å². The Labute approximate surface area is 129 Å². The van der Waals surface area contributed by atoms with Crippen molar-refractivity contribution in [1.82, 2.24) is 10.6 Å². The SMILES string of the molecule is CC(O)c1ccc(CNC(=O)NCc2ccccc2F)cc1. The lowest BCUT2D eigenvalue weighted by Crippen LogP contribution is -2.34. The summed E-state index contributed by atoms with van der Waals surface area (Å²) in [7, 11) is 0. The quantitative estimate of drug-likeness (QED) is 0.795. The van der Waals surface area contributed by atoms with Crippen molar-refractivity contribution >= 4 is 6.03 Å². The van der Waals surface area contributed by atoms with E-state index in [0.29, 0.717) is 12.1 Å². The maximum absolute atomic E-state index is 13.4. The number of halogens is 1. The van der Waals surface area contributed by atoms with Crippen LogP contribution in [-0.4, -0.2) is 11.1 Å².